The van der Waals surface area contributed by atoms with Gasteiger partial charge in [0, 0.05) is 37.1 Å². The average Bonchev–Trinajstić information content (AvgIpc) is 3.48. The van der Waals surface area contributed by atoms with Crippen LogP contribution in [0.25, 0.3) is 0 Å². The molecule has 1 aromatic carbocycles. The van der Waals surface area contributed by atoms with Crippen molar-refractivity contribution in [1.29, 1.82) is 0 Å². The van der Waals surface area contributed by atoms with Crippen molar-refractivity contribution < 1.29 is 32.2 Å². The van der Waals surface area contributed by atoms with Crippen LogP contribution in [0.3, 0.4) is 0 Å². The highest BCUT2D eigenvalue weighted by molar-refractivity contribution is 6.07. The van der Waals surface area contributed by atoms with Crippen molar-refractivity contribution in [2.45, 2.75) is 50.0 Å². The van der Waals surface area contributed by atoms with Crippen LogP contribution in [0.15, 0.2) is 59.5 Å². The number of aromatic nitrogens is 1. The molecule has 40 heavy (non-hydrogen) atoms. The van der Waals surface area contributed by atoms with Gasteiger partial charge in [-0.1, -0.05) is 12.1 Å². The molecule has 2 bridgehead atoms. The lowest BCUT2D eigenvalue weighted by Gasteiger charge is -2.42. The lowest BCUT2D eigenvalue weighted by molar-refractivity contribution is -0.141. The number of amides is 1. The van der Waals surface area contributed by atoms with Crippen LogP contribution in [0.1, 0.15) is 31.4 Å². The molecule has 1 unspecified atom stereocenters. The number of carbonyl (C=O) groups is 1. The Morgan fingerprint density at radius 2 is 2.12 bits per heavy atom. The summed E-state index contributed by atoms with van der Waals surface area (Å²) in [5, 5.41) is 8.91. The molecule has 1 aromatic heterocycles. The number of benzene rings is 1. The third kappa shape index (κ3) is 5.06. The molecule has 4 aliphatic rings. The minimum Gasteiger partial charge on any atom is -0.491 e. The molecule has 2 fully saturated rings. The molecule has 10 nitrogen and oxygen atoms in total. The van der Waals surface area contributed by atoms with Crippen molar-refractivity contribution in [3.05, 3.63) is 65.6 Å². The quantitative estimate of drug-likeness (QED) is 0.497. The predicted molar refractivity (Wildman–Crippen MR) is 138 cm³/mol. The number of nitrogens with zero attached hydrogens (tertiary/aromatic N) is 3. The molecular formula is C27H29F3N6O4. The van der Waals surface area contributed by atoms with E-state index in [9.17, 15) is 18.0 Å². The van der Waals surface area contributed by atoms with E-state index < -0.39 is 29.1 Å². The zero-order valence-electron chi connectivity index (χ0n) is 21.9. The van der Waals surface area contributed by atoms with Gasteiger partial charge in [-0.15, -0.1) is 0 Å². The number of hydrogen-bond donors (Lipinski definition) is 3. The Morgan fingerprint density at radius 1 is 1.27 bits per heavy atom. The number of carbonyl (C=O) groups excluding carboxylic acids is 1. The van der Waals surface area contributed by atoms with Crippen LogP contribution >= 0.6 is 0 Å². The molecule has 0 radical (unpaired) electrons. The molecule has 6 rings (SSSR count). The topological polar surface area (TPSA) is 109 Å². The van der Waals surface area contributed by atoms with E-state index in [1.807, 2.05) is 13.8 Å². The Balaban J connectivity index is 1.27. The fraction of sp³-hybridized carbons (Fsp3) is 0.444. The van der Waals surface area contributed by atoms with E-state index >= 15 is 0 Å². The van der Waals surface area contributed by atoms with Crippen LogP contribution in [0, 0.1) is 0 Å². The highest BCUT2D eigenvalue weighted by atomic mass is 19.4. The normalized spacial score (nSPS) is 26.7. The monoisotopic (exact) mass is 558 g/mol. The molecule has 2 aromatic rings. The number of ether oxygens (including phenoxy) is 3. The maximum Gasteiger partial charge on any atom is 0.416 e. The Morgan fingerprint density at radius 3 is 2.90 bits per heavy atom. The summed E-state index contributed by atoms with van der Waals surface area (Å²) in [6, 6.07) is 7.87. The summed E-state index contributed by atoms with van der Waals surface area (Å²) in [4.78, 5) is 25.0. The van der Waals surface area contributed by atoms with Gasteiger partial charge in [0.2, 0.25) is 5.66 Å². The van der Waals surface area contributed by atoms with Crippen LogP contribution < -0.4 is 20.7 Å². The highest BCUT2D eigenvalue weighted by Crippen LogP contribution is 2.35. The van der Waals surface area contributed by atoms with Gasteiger partial charge in [0.15, 0.2) is 5.79 Å². The van der Waals surface area contributed by atoms with Crippen molar-refractivity contribution >= 4 is 17.6 Å². The van der Waals surface area contributed by atoms with E-state index in [-0.39, 0.29) is 30.1 Å². The molecule has 1 amide bonds. The number of nitrogens with one attached hydrogen (secondary N) is 3. The van der Waals surface area contributed by atoms with Gasteiger partial charge in [0.25, 0.3) is 5.91 Å². The number of halogens is 3. The first-order valence-corrected chi connectivity index (χ1v) is 13.0. The number of anilines is 1. The van der Waals surface area contributed by atoms with Crippen LogP contribution in [0.2, 0.25) is 0 Å². The van der Waals surface area contributed by atoms with Gasteiger partial charge in [-0.25, -0.2) is 4.98 Å². The van der Waals surface area contributed by atoms with Gasteiger partial charge in [-0.2, -0.15) is 13.2 Å². The second kappa shape index (κ2) is 9.66. The van der Waals surface area contributed by atoms with Gasteiger partial charge in [0.05, 0.1) is 23.9 Å². The number of pyridine rings is 1. The maximum atomic E-state index is 13.9. The largest absolute Gasteiger partial charge is 0.491 e. The van der Waals surface area contributed by atoms with Gasteiger partial charge < -0.3 is 35.1 Å². The molecular weight excluding hydrogens is 529 g/mol. The van der Waals surface area contributed by atoms with E-state index in [4.69, 9.17) is 19.2 Å². The zero-order valence-corrected chi connectivity index (χ0v) is 21.9. The van der Waals surface area contributed by atoms with E-state index in [1.165, 1.54) is 24.4 Å². The minimum atomic E-state index is -4.59. The predicted octanol–water partition coefficient (Wildman–Crippen LogP) is 2.94. The molecule has 4 aliphatic heterocycles. The van der Waals surface area contributed by atoms with E-state index in [1.54, 1.807) is 12.3 Å². The van der Waals surface area contributed by atoms with E-state index in [2.05, 4.69) is 25.8 Å². The second-order valence-corrected chi connectivity index (χ2v) is 10.6. The van der Waals surface area contributed by atoms with Crippen molar-refractivity contribution in [1.82, 2.24) is 20.5 Å². The molecule has 2 saturated heterocycles. The maximum absolute atomic E-state index is 13.9. The van der Waals surface area contributed by atoms with Gasteiger partial charge >= 0.3 is 6.18 Å². The first-order chi connectivity index (χ1) is 19.0. The molecule has 212 valence electrons. The number of alkyl halides is 3. The Bertz CT molecular complexity index is 1380. The standard InChI is InChI=1S/C27H29F3N6O4/c1-25(2)39-15-20(40-25)14-38-19-6-8-31-22(11-19)34-24(37)26(16-4-3-5-17(10-16)27(28,29)30)32-12-21-23(35-26)33-18-7-9-36(21)13-18/h3-6,8,10-12,18,20,32H,7,9,13-15H2,1-2H3,(H,33,35)(H,31,34,37)/t18-,20-,26?/m0/s1. The Kier molecular flexibility index (Phi) is 6.37. The lowest BCUT2D eigenvalue weighted by Crippen LogP contribution is -2.65. The SMILES string of the molecule is CC1(C)OC[C@H](COc2ccnc(NC(=O)C3(c4cccc(C(F)(F)F)c4)NC=C4C(=N[C@H]5CCN4C5)N3)c2)O1. The van der Waals surface area contributed by atoms with Crippen molar-refractivity contribution in [3.8, 4) is 5.75 Å². The van der Waals surface area contributed by atoms with Crippen LogP contribution in [-0.2, 0) is 26.1 Å². The fourth-order valence-corrected chi connectivity index (χ4v) is 5.26. The molecule has 5 heterocycles. The molecule has 3 N–H and O–H groups in total. The first kappa shape index (κ1) is 26.4. The lowest BCUT2D eigenvalue weighted by atomic mass is 9.94. The fourth-order valence-electron chi connectivity index (χ4n) is 5.26. The molecule has 0 aliphatic carbocycles. The Hall–Kier alpha value is -3.84. The van der Waals surface area contributed by atoms with E-state index in [0.717, 1.165) is 37.3 Å². The third-order valence-corrected chi connectivity index (χ3v) is 7.23. The van der Waals surface area contributed by atoms with Crippen molar-refractivity contribution in [2.75, 3.05) is 31.6 Å². The number of aliphatic imine (C=N–C) groups is 1. The molecule has 13 heteroatoms. The molecule has 3 atom stereocenters. The van der Waals surface area contributed by atoms with Crippen LogP contribution in [0.4, 0.5) is 19.0 Å². The van der Waals surface area contributed by atoms with Gasteiger partial charge in [-0.3, -0.25) is 9.79 Å². The number of fused-ring (bicyclic) bond motifs is 4. The summed E-state index contributed by atoms with van der Waals surface area (Å²) in [6.07, 6.45) is -0.892. The summed E-state index contributed by atoms with van der Waals surface area (Å²) in [5.41, 5.74) is -1.83. The zero-order chi connectivity index (χ0) is 28.1. The first-order valence-electron chi connectivity index (χ1n) is 13.0. The summed E-state index contributed by atoms with van der Waals surface area (Å²) in [6.45, 7) is 5.81. The highest BCUT2D eigenvalue weighted by Gasteiger charge is 2.47. The number of hydrogen-bond acceptors (Lipinski definition) is 9. The smallest absolute Gasteiger partial charge is 0.416 e. The summed E-state index contributed by atoms with van der Waals surface area (Å²) in [5.74, 6) is -0.315. The summed E-state index contributed by atoms with van der Waals surface area (Å²) in [7, 11) is 0. The molecule has 0 spiro atoms. The average molecular weight is 559 g/mol. The second-order valence-electron chi connectivity index (χ2n) is 10.6. The van der Waals surface area contributed by atoms with Crippen LogP contribution in [0.5, 0.6) is 5.75 Å². The van der Waals surface area contributed by atoms with Crippen molar-refractivity contribution in [3.63, 3.8) is 0 Å². The van der Waals surface area contributed by atoms with Gasteiger partial charge in [0.1, 0.15) is 30.1 Å². The number of rotatable bonds is 6. The van der Waals surface area contributed by atoms with E-state index in [0.29, 0.717) is 18.2 Å². The number of amidine groups is 1. The van der Waals surface area contributed by atoms with Gasteiger partial charge in [-0.05, 0) is 38.5 Å². The van der Waals surface area contributed by atoms with Crippen LogP contribution in [-0.4, -0.2) is 65.9 Å². The summed E-state index contributed by atoms with van der Waals surface area (Å²) >= 11 is 0. The summed E-state index contributed by atoms with van der Waals surface area (Å²) < 4.78 is 58.0. The van der Waals surface area contributed by atoms with Crippen molar-refractivity contribution in [2.24, 2.45) is 4.99 Å². The Labute approximate surface area is 228 Å². The third-order valence-electron chi connectivity index (χ3n) is 7.23. The molecule has 0 saturated carbocycles. The minimum absolute atomic E-state index is 0.0512.